The monoisotopic (exact) mass is 371 g/mol. The molecule has 0 radical (unpaired) electrons. The second-order valence-corrected chi connectivity index (χ2v) is 7.64. The van der Waals surface area contributed by atoms with Crippen molar-refractivity contribution in [3.63, 3.8) is 0 Å². The number of hydrogen-bond acceptors (Lipinski definition) is 5. The zero-order chi connectivity index (χ0) is 19.0. The van der Waals surface area contributed by atoms with E-state index >= 15 is 0 Å². The zero-order valence-corrected chi connectivity index (χ0v) is 15.8. The van der Waals surface area contributed by atoms with Crippen LogP contribution < -0.4 is 0 Å². The van der Waals surface area contributed by atoms with Gasteiger partial charge in [-0.1, -0.05) is 30.3 Å². The molecular weight excluding hydrogens is 354 g/mol. The molecule has 0 bridgehead atoms. The second kappa shape index (κ2) is 6.75. The molecule has 132 valence electrons. The Kier molecular flexibility index (Phi) is 4.27. The fourth-order valence-corrected chi connectivity index (χ4v) is 4.70. The molecule has 0 fully saturated rings. The molecule has 0 atom stereocenters. The molecule has 0 aliphatic carbocycles. The molecule has 3 aromatic rings. The van der Waals surface area contributed by atoms with Gasteiger partial charge in [-0.15, -0.1) is 11.3 Å². The lowest BCUT2D eigenvalue weighted by atomic mass is 9.84. The first kappa shape index (κ1) is 17.1. The normalized spacial score (nSPS) is 15.3. The molecule has 4 rings (SSSR count). The third-order valence-corrected chi connectivity index (χ3v) is 6.16. The van der Waals surface area contributed by atoms with Gasteiger partial charge in [-0.2, -0.15) is 15.6 Å². The van der Waals surface area contributed by atoms with E-state index in [1.807, 2.05) is 38.1 Å². The van der Waals surface area contributed by atoms with E-state index in [4.69, 9.17) is 0 Å². The molecule has 27 heavy (non-hydrogen) atoms. The highest BCUT2D eigenvalue weighted by atomic mass is 32.1. The Morgan fingerprint density at radius 2 is 1.78 bits per heavy atom. The molecule has 1 aliphatic rings. The minimum atomic E-state index is -0.321. The number of thiophene rings is 1. The molecule has 1 aromatic carbocycles. The van der Waals surface area contributed by atoms with Crippen molar-refractivity contribution >= 4 is 21.6 Å². The van der Waals surface area contributed by atoms with Crippen LogP contribution in [0.25, 0.3) is 10.2 Å². The fraction of sp³-hybridized carbons (Fsp3) is 0.190. The van der Waals surface area contributed by atoms with Crippen LogP contribution in [-0.2, 0) is 6.54 Å². The first-order valence-corrected chi connectivity index (χ1v) is 9.41. The number of allylic oxidation sites excluding steroid dienone is 4. The van der Waals surface area contributed by atoms with Crippen molar-refractivity contribution in [1.82, 2.24) is 15.1 Å². The fourth-order valence-electron chi connectivity index (χ4n) is 3.59. The highest BCUT2D eigenvalue weighted by Gasteiger charge is 2.34. The molecule has 3 heterocycles. The van der Waals surface area contributed by atoms with Crippen molar-refractivity contribution in [2.75, 3.05) is 0 Å². The Balaban J connectivity index is 1.82. The average Bonchev–Trinajstić information content (AvgIpc) is 3.27. The van der Waals surface area contributed by atoms with E-state index in [2.05, 4.69) is 39.4 Å². The van der Waals surface area contributed by atoms with Gasteiger partial charge in [-0.3, -0.25) is 5.10 Å². The number of nitrogens with one attached hydrogen (secondary N) is 1. The summed E-state index contributed by atoms with van der Waals surface area (Å²) < 4.78 is 1.03. The molecule has 5 nitrogen and oxygen atoms in total. The summed E-state index contributed by atoms with van der Waals surface area (Å²) in [5.41, 5.74) is 5.14. The van der Waals surface area contributed by atoms with E-state index in [9.17, 15) is 10.5 Å². The summed E-state index contributed by atoms with van der Waals surface area (Å²) in [6.07, 6.45) is 1.78. The van der Waals surface area contributed by atoms with Crippen molar-refractivity contribution < 1.29 is 0 Å². The van der Waals surface area contributed by atoms with Gasteiger partial charge in [-0.05, 0) is 25.5 Å². The first-order valence-electron chi connectivity index (χ1n) is 8.60. The molecule has 2 aromatic heterocycles. The quantitative estimate of drug-likeness (QED) is 0.716. The maximum Gasteiger partial charge on any atom is 0.0976 e. The molecule has 0 amide bonds. The van der Waals surface area contributed by atoms with Crippen LogP contribution in [0.15, 0.2) is 65.1 Å². The number of H-pyrrole nitrogens is 1. The van der Waals surface area contributed by atoms with E-state index in [0.29, 0.717) is 17.7 Å². The summed E-state index contributed by atoms with van der Waals surface area (Å²) in [6, 6.07) is 16.8. The summed E-state index contributed by atoms with van der Waals surface area (Å²) in [5.74, 6) is -0.321. The standard InChI is InChI=1S/C21H17N5S/c1-13-16(9-22)21(19-8-18-20(27-19)11-24-25-18)17(10-23)14(2)26(13)12-15-6-4-3-5-7-15/h3-8,11,21H,12H2,1-2H3,(H,24,25). The van der Waals surface area contributed by atoms with Gasteiger partial charge in [-0.25, -0.2) is 0 Å². The van der Waals surface area contributed by atoms with Crippen LogP contribution in [0.3, 0.4) is 0 Å². The molecule has 1 aliphatic heterocycles. The van der Waals surface area contributed by atoms with Gasteiger partial charge in [0.15, 0.2) is 0 Å². The maximum atomic E-state index is 9.92. The van der Waals surface area contributed by atoms with Gasteiger partial charge >= 0.3 is 0 Å². The number of aromatic nitrogens is 2. The van der Waals surface area contributed by atoms with Crippen LogP contribution in [0.5, 0.6) is 0 Å². The number of nitrogens with zero attached hydrogens (tertiary/aromatic N) is 4. The predicted molar refractivity (Wildman–Crippen MR) is 105 cm³/mol. The molecular formula is C21H17N5S. The number of rotatable bonds is 3. The van der Waals surface area contributed by atoms with Gasteiger partial charge in [0.05, 0.1) is 45.6 Å². The highest BCUT2D eigenvalue weighted by Crippen LogP contribution is 2.44. The molecule has 6 heteroatoms. The Morgan fingerprint density at radius 1 is 1.11 bits per heavy atom. The zero-order valence-electron chi connectivity index (χ0n) is 15.0. The minimum absolute atomic E-state index is 0.321. The van der Waals surface area contributed by atoms with Gasteiger partial charge in [0.1, 0.15) is 0 Å². The lowest BCUT2D eigenvalue weighted by Crippen LogP contribution is -2.28. The van der Waals surface area contributed by atoms with Gasteiger partial charge in [0.25, 0.3) is 0 Å². The van der Waals surface area contributed by atoms with Gasteiger partial charge < -0.3 is 4.90 Å². The third-order valence-electron chi connectivity index (χ3n) is 5.02. The van der Waals surface area contributed by atoms with E-state index < -0.39 is 0 Å². The van der Waals surface area contributed by atoms with E-state index in [0.717, 1.165) is 32.1 Å². The topological polar surface area (TPSA) is 79.5 Å². The van der Waals surface area contributed by atoms with Crippen molar-refractivity contribution in [3.8, 4) is 12.1 Å². The molecule has 0 spiro atoms. The number of benzene rings is 1. The molecule has 1 N–H and O–H groups in total. The average molecular weight is 371 g/mol. The number of hydrogen-bond donors (Lipinski definition) is 1. The maximum absolute atomic E-state index is 9.92. The predicted octanol–water partition coefficient (Wildman–Crippen LogP) is 4.82. The highest BCUT2D eigenvalue weighted by molar-refractivity contribution is 7.19. The summed E-state index contributed by atoms with van der Waals surface area (Å²) in [6.45, 7) is 4.57. The second-order valence-electron chi connectivity index (χ2n) is 6.52. The van der Waals surface area contributed by atoms with Crippen molar-refractivity contribution in [3.05, 3.63) is 75.6 Å². The van der Waals surface area contributed by atoms with Crippen molar-refractivity contribution in [2.24, 2.45) is 0 Å². The van der Waals surface area contributed by atoms with Crippen molar-refractivity contribution in [1.29, 1.82) is 10.5 Å². The summed E-state index contributed by atoms with van der Waals surface area (Å²) in [7, 11) is 0. The Morgan fingerprint density at radius 3 is 2.37 bits per heavy atom. The largest absolute Gasteiger partial charge is 0.343 e. The Labute approximate surface area is 161 Å². The van der Waals surface area contributed by atoms with Crippen LogP contribution in [0, 0.1) is 22.7 Å². The number of fused-ring (bicyclic) bond motifs is 1. The molecule has 0 unspecified atom stereocenters. The van der Waals surface area contributed by atoms with Gasteiger partial charge in [0, 0.05) is 22.8 Å². The summed E-state index contributed by atoms with van der Waals surface area (Å²) in [4.78, 5) is 3.06. The van der Waals surface area contributed by atoms with Crippen LogP contribution in [-0.4, -0.2) is 15.1 Å². The van der Waals surface area contributed by atoms with Crippen molar-refractivity contribution in [2.45, 2.75) is 26.3 Å². The van der Waals surface area contributed by atoms with Gasteiger partial charge in [0.2, 0.25) is 0 Å². The molecule has 0 saturated heterocycles. The Hall–Kier alpha value is -3.35. The van der Waals surface area contributed by atoms with Crippen LogP contribution in [0.4, 0.5) is 0 Å². The molecule has 0 saturated carbocycles. The SMILES string of the molecule is CC1=C(C#N)C(c2cc3[nH]ncc3s2)C(C#N)=C(C)N1Cc1ccccc1. The minimum Gasteiger partial charge on any atom is -0.343 e. The summed E-state index contributed by atoms with van der Waals surface area (Å²) >= 11 is 1.58. The van der Waals surface area contributed by atoms with E-state index in [-0.39, 0.29) is 5.92 Å². The Bertz CT molecular complexity index is 1080. The third kappa shape index (κ3) is 2.81. The number of nitriles is 2. The lowest BCUT2D eigenvalue weighted by Gasteiger charge is -2.35. The summed E-state index contributed by atoms with van der Waals surface area (Å²) in [5, 5.41) is 26.8. The van der Waals surface area contributed by atoms with E-state index in [1.165, 1.54) is 0 Å². The number of aromatic amines is 1. The smallest absolute Gasteiger partial charge is 0.0976 e. The van der Waals surface area contributed by atoms with E-state index in [1.54, 1.807) is 17.5 Å². The first-order chi connectivity index (χ1) is 13.1. The lowest BCUT2D eigenvalue weighted by molar-refractivity contribution is 0.401. The van der Waals surface area contributed by atoms with Crippen LogP contribution in [0.2, 0.25) is 0 Å². The van der Waals surface area contributed by atoms with Crippen LogP contribution in [0.1, 0.15) is 30.2 Å². The van der Waals surface area contributed by atoms with Crippen LogP contribution >= 0.6 is 11.3 Å².